The summed E-state index contributed by atoms with van der Waals surface area (Å²) in [7, 11) is 0. The molecule has 0 radical (unpaired) electrons. The van der Waals surface area contributed by atoms with Crippen molar-refractivity contribution < 1.29 is 22.7 Å². The molecule has 5 nitrogen and oxygen atoms in total. The van der Waals surface area contributed by atoms with Crippen molar-refractivity contribution in [2.45, 2.75) is 59.2 Å². The highest BCUT2D eigenvalue weighted by Gasteiger charge is 2.51. The summed E-state index contributed by atoms with van der Waals surface area (Å²) in [5, 5.41) is 4.21. The SMILES string of the molecule is CCOC(=O)/C(=N/Nc1cccc(C(F)(F)F)c1)N1C[C@@]2(C)C[C@H]1CC(C)(C)C2. The number of benzene rings is 1. The molecule has 0 spiro atoms. The van der Waals surface area contributed by atoms with E-state index in [4.69, 9.17) is 4.74 Å². The van der Waals surface area contributed by atoms with Crippen LogP contribution in [0.5, 0.6) is 0 Å². The molecule has 3 rings (SSSR count). The highest BCUT2D eigenvalue weighted by molar-refractivity contribution is 6.35. The van der Waals surface area contributed by atoms with Crippen molar-refractivity contribution in [2.75, 3.05) is 18.6 Å². The maximum atomic E-state index is 13.0. The van der Waals surface area contributed by atoms with Crippen LogP contribution in [0.4, 0.5) is 18.9 Å². The maximum Gasteiger partial charge on any atom is 0.416 e. The summed E-state index contributed by atoms with van der Waals surface area (Å²) in [6, 6.07) is 4.90. The molecule has 0 aromatic heterocycles. The van der Waals surface area contributed by atoms with Crippen LogP contribution in [-0.2, 0) is 15.7 Å². The van der Waals surface area contributed by atoms with Crippen molar-refractivity contribution in [3.8, 4) is 0 Å². The van der Waals surface area contributed by atoms with E-state index >= 15 is 0 Å². The number of hydrogen-bond acceptors (Lipinski definition) is 4. The maximum absolute atomic E-state index is 13.0. The third kappa shape index (κ3) is 4.85. The molecule has 0 amide bonds. The molecular weight excluding hydrogens is 383 g/mol. The average molecular weight is 411 g/mol. The van der Waals surface area contributed by atoms with E-state index in [0.717, 1.165) is 31.4 Å². The number of alkyl halides is 3. The topological polar surface area (TPSA) is 53.9 Å². The van der Waals surface area contributed by atoms with Crippen LogP contribution in [0.3, 0.4) is 0 Å². The fourth-order valence-corrected chi connectivity index (χ4v) is 5.01. The van der Waals surface area contributed by atoms with Crippen molar-refractivity contribution in [2.24, 2.45) is 15.9 Å². The molecule has 1 aliphatic carbocycles. The molecule has 2 atom stereocenters. The minimum atomic E-state index is -4.45. The molecule has 29 heavy (non-hydrogen) atoms. The zero-order valence-electron chi connectivity index (χ0n) is 17.3. The molecule has 8 heteroatoms. The highest BCUT2D eigenvalue weighted by Crippen LogP contribution is 2.52. The lowest BCUT2D eigenvalue weighted by atomic mass is 9.65. The molecule has 1 aliphatic heterocycles. The van der Waals surface area contributed by atoms with E-state index in [0.29, 0.717) is 6.54 Å². The Morgan fingerprint density at radius 2 is 2.03 bits per heavy atom. The van der Waals surface area contributed by atoms with Crippen LogP contribution < -0.4 is 5.43 Å². The van der Waals surface area contributed by atoms with E-state index in [-0.39, 0.29) is 35.0 Å². The number of halogens is 3. The van der Waals surface area contributed by atoms with E-state index in [9.17, 15) is 18.0 Å². The Kier molecular flexibility index (Phi) is 5.58. The summed E-state index contributed by atoms with van der Waals surface area (Å²) < 4.78 is 44.1. The molecule has 1 saturated carbocycles. The summed E-state index contributed by atoms with van der Waals surface area (Å²) in [6.45, 7) is 9.24. The molecule has 160 valence electrons. The normalized spacial score (nSPS) is 26.4. The van der Waals surface area contributed by atoms with Gasteiger partial charge < -0.3 is 9.64 Å². The molecule has 1 aromatic carbocycles. The van der Waals surface area contributed by atoms with Gasteiger partial charge in [0.1, 0.15) is 0 Å². The molecule has 2 bridgehead atoms. The first-order valence-corrected chi connectivity index (χ1v) is 9.87. The van der Waals surface area contributed by atoms with Gasteiger partial charge in [0.05, 0.1) is 17.9 Å². The van der Waals surface area contributed by atoms with E-state index in [1.807, 2.05) is 4.90 Å². The lowest BCUT2D eigenvalue weighted by Crippen LogP contribution is -2.42. The number of fused-ring (bicyclic) bond motifs is 2. The van der Waals surface area contributed by atoms with E-state index in [1.165, 1.54) is 12.1 Å². The Morgan fingerprint density at radius 3 is 2.69 bits per heavy atom. The van der Waals surface area contributed by atoms with Gasteiger partial charge in [0.15, 0.2) is 0 Å². The lowest BCUT2D eigenvalue weighted by Gasteiger charge is -2.39. The van der Waals surface area contributed by atoms with Gasteiger partial charge in [0.25, 0.3) is 0 Å². The number of carbonyl (C=O) groups is 1. The molecule has 1 aromatic rings. The van der Waals surface area contributed by atoms with Gasteiger partial charge in [0, 0.05) is 12.6 Å². The summed E-state index contributed by atoms with van der Waals surface area (Å²) in [5.74, 6) is -0.448. The summed E-state index contributed by atoms with van der Waals surface area (Å²) in [5.41, 5.74) is 2.24. The largest absolute Gasteiger partial charge is 0.460 e. The second-order valence-electron chi connectivity index (χ2n) is 9.19. The Morgan fingerprint density at radius 1 is 1.31 bits per heavy atom. The second kappa shape index (κ2) is 7.54. The predicted molar refractivity (Wildman–Crippen MR) is 105 cm³/mol. The predicted octanol–water partition coefficient (Wildman–Crippen LogP) is 4.89. The Hall–Kier alpha value is -2.25. The van der Waals surface area contributed by atoms with Gasteiger partial charge in [-0.3, -0.25) is 5.43 Å². The smallest absolute Gasteiger partial charge is 0.416 e. The van der Waals surface area contributed by atoms with Gasteiger partial charge in [-0.05, 0) is 55.2 Å². The molecule has 2 aliphatic rings. The van der Waals surface area contributed by atoms with Gasteiger partial charge in [-0.15, -0.1) is 5.10 Å². The van der Waals surface area contributed by atoms with Crippen LogP contribution in [0.2, 0.25) is 0 Å². The van der Waals surface area contributed by atoms with Crippen LogP contribution in [-0.4, -0.2) is 35.9 Å². The standard InChI is InChI=1S/C21H28F3N3O2/c1-5-29-18(28)17(26-25-15-8-6-7-14(9-15)21(22,23)24)27-13-20(4)11-16(27)10-19(2,3)12-20/h6-9,16,25H,5,10-13H2,1-4H3/b26-17-/t16-,20+/m1/s1. The van der Waals surface area contributed by atoms with Crippen LogP contribution in [0.1, 0.15) is 52.5 Å². The Balaban J connectivity index is 1.88. The lowest BCUT2D eigenvalue weighted by molar-refractivity contribution is -0.138. The van der Waals surface area contributed by atoms with Crippen molar-refractivity contribution in [1.82, 2.24) is 4.90 Å². The molecule has 1 heterocycles. The van der Waals surface area contributed by atoms with Gasteiger partial charge in [-0.25, -0.2) is 4.79 Å². The van der Waals surface area contributed by atoms with Crippen molar-refractivity contribution in [3.05, 3.63) is 29.8 Å². The van der Waals surface area contributed by atoms with Gasteiger partial charge in [-0.1, -0.05) is 26.8 Å². The number of esters is 1. The first-order chi connectivity index (χ1) is 13.4. The quantitative estimate of drug-likeness (QED) is 0.333. The van der Waals surface area contributed by atoms with Crippen molar-refractivity contribution >= 4 is 17.5 Å². The van der Waals surface area contributed by atoms with E-state index in [2.05, 4.69) is 31.3 Å². The minimum absolute atomic E-state index is 0.0654. The number of anilines is 1. The third-order valence-electron chi connectivity index (χ3n) is 5.63. The number of rotatable bonds is 3. The fourth-order valence-electron chi connectivity index (χ4n) is 5.01. The first-order valence-electron chi connectivity index (χ1n) is 9.87. The molecular formula is C21H28F3N3O2. The molecule has 2 fully saturated rings. The minimum Gasteiger partial charge on any atom is -0.460 e. The van der Waals surface area contributed by atoms with Crippen molar-refractivity contribution in [1.29, 1.82) is 0 Å². The number of nitrogens with zero attached hydrogens (tertiary/aromatic N) is 2. The Bertz CT molecular complexity index is 807. The fraction of sp³-hybridized carbons (Fsp3) is 0.619. The van der Waals surface area contributed by atoms with Crippen LogP contribution in [0.15, 0.2) is 29.4 Å². The Labute approximate surface area is 169 Å². The number of hydrazone groups is 1. The number of amidine groups is 1. The van der Waals surface area contributed by atoms with Crippen LogP contribution in [0, 0.1) is 10.8 Å². The summed E-state index contributed by atoms with van der Waals surface area (Å²) in [4.78, 5) is 14.6. The molecule has 0 unspecified atom stereocenters. The highest BCUT2D eigenvalue weighted by atomic mass is 19.4. The van der Waals surface area contributed by atoms with Gasteiger partial charge in [0.2, 0.25) is 5.84 Å². The van der Waals surface area contributed by atoms with E-state index < -0.39 is 17.7 Å². The number of likely N-dealkylation sites (tertiary alicyclic amines) is 1. The third-order valence-corrected chi connectivity index (χ3v) is 5.63. The number of carbonyl (C=O) groups excluding carboxylic acids is 1. The van der Waals surface area contributed by atoms with Gasteiger partial charge >= 0.3 is 12.1 Å². The summed E-state index contributed by atoms with van der Waals surface area (Å²) >= 11 is 0. The summed E-state index contributed by atoms with van der Waals surface area (Å²) in [6.07, 6.45) is -1.52. The van der Waals surface area contributed by atoms with Gasteiger partial charge in [-0.2, -0.15) is 13.2 Å². The number of nitrogens with one attached hydrogen (secondary N) is 1. The first kappa shape index (κ1) is 21.5. The number of ether oxygens (including phenoxy) is 1. The molecule has 1 saturated heterocycles. The van der Waals surface area contributed by atoms with E-state index in [1.54, 1.807) is 6.92 Å². The van der Waals surface area contributed by atoms with Crippen LogP contribution >= 0.6 is 0 Å². The zero-order chi connectivity index (χ0) is 21.4. The average Bonchev–Trinajstić information content (AvgIpc) is 2.83. The number of hydrogen-bond donors (Lipinski definition) is 1. The second-order valence-corrected chi connectivity index (χ2v) is 9.19. The zero-order valence-corrected chi connectivity index (χ0v) is 17.3. The monoisotopic (exact) mass is 411 g/mol. The van der Waals surface area contributed by atoms with Crippen molar-refractivity contribution in [3.63, 3.8) is 0 Å². The molecule has 1 N–H and O–H groups in total. The van der Waals surface area contributed by atoms with Crippen LogP contribution in [0.25, 0.3) is 0 Å².